The fourth-order valence-electron chi connectivity index (χ4n) is 2.62. The molecule has 1 fully saturated rings. The SMILES string of the molecule is CN(Cc1ccccc1Br)C(=O)CN1CCC(C(=O)O)CC1.Cl. The molecule has 0 atom stereocenters. The van der Waals surface area contributed by atoms with Gasteiger partial charge < -0.3 is 10.0 Å². The van der Waals surface area contributed by atoms with Crippen LogP contribution in [0.5, 0.6) is 0 Å². The fraction of sp³-hybridized carbons (Fsp3) is 0.500. The number of carbonyl (C=O) groups excluding carboxylic acids is 1. The van der Waals surface area contributed by atoms with E-state index in [0.29, 0.717) is 39.0 Å². The Morgan fingerprint density at radius 2 is 1.91 bits per heavy atom. The molecule has 2 rings (SSSR count). The van der Waals surface area contributed by atoms with E-state index < -0.39 is 5.97 Å². The second-order valence-corrected chi connectivity index (χ2v) is 6.58. The molecule has 0 unspecified atom stereocenters. The second kappa shape index (κ2) is 9.25. The first kappa shape index (κ1) is 19.9. The second-order valence-electron chi connectivity index (χ2n) is 5.73. The van der Waals surface area contributed by atoms with E-state index in [2.05, 4.69) is 15.9 Å². The lowest BCUT2D eigenvalue weighted by molar-refractivity contribution is -0.143. The summed E-state index contributed by atoms with van der Waals surface area (Å²) in [4.78, 5) is 27.0. The third-order valence-corrected chi connectivity index (χ3v) is 4.86. The van der Waals surface area contributed by atoms with Crippen LogP contribution in [0.2, 0.25) is 0 Å². The van der Waals surface area contributed by atoms with Crippen molar-refractivity contribution in [1.82, 2.24) is 9.80 Å². The minimum absolute atomic E-state index is 0. The van der Waals surface area contributed by atoms with Crippen molar-refractivity contribution in [3.8, 4) is 0 Å². The molecule has 128 valence electrons. The minimum atomic E-state index is -0.725. The van der Waals surface area contributed by atoms with Gasteiger partial charge in [0.05, 0.1) is 12.5 Å². The number of carbonyl (C=O) groups is 2. The number of carboxylic acid groups (broad SMARTS) is 1. The molecule has 0 bridgehead atoms. The van der Waals surface area contributed by atoms with Gasteiger partial charge in [0.15, 0.2) is 0 Å². The normalized spacial score (nSPS) is 15.7. The van der Waals surface area contributed by atoms with Gasteiger partial charge in [-0.1, -0.05) is 34.1 Å². The number of likely N-dealkylation sites (N-methyl/N-ethyl adjacent to an activating group) is 1. The molecule has 5 nitrogen and oxygen atoms in total. The Kier molecular flexibility index (Phi) is 8.02. The van der Waals surface area contributed by atoms with E-state index >= 15 is 0 Å². The molecule has 1 saturated heterocycles. The number of carboxylic acids is 1. The van der Waals surface area contributed by atoms with Crippen LogP contribution in [0.3, 0.4) is 0 Å². The van der Waals surface area contributed by atoms with Crippen LogP contribution in [0, 0.1) is 5.92 Å². The van der Waals surface area contributed by atoms with Gasteiger partial charge in [-0.25, -0.2) is 0 Å². The zero-order valence-electron chi connectivity index (χ0n) is 13.1. The highest BCUT2D eigenvalue weighted by Gasteiger charge is 2.26. The molecule has 23 heavy (non-hydrogen) atoms. The van der Waals surface area contributed by atoms with Crippen molar-refractivity contribution < 1.29 is 14.7 Å². The Morgan fingerprint density at radius 1 is 1.30 bits per heavy atom. The van der Waals surface area contributed by atoms with Crippen LogP contribution in [-0.2, 0) is 16.1 Å². The van der Waals surface area contributed by atoms with Crippen LogP contribution in [0.1, 0.15) is 18.4 Å². The monoisotopic (exact) mass is 404 g/mol. The summed E-state index contributed by atoms with van der Waals surface area (Å²) in [7, 11) is 1.80. The van der Waals surface area contributed by atoms with E-state index in [-0.39, 0.29) is 24.2 Å². The largest absolute Gasteiger partial charge is 0.481 e. The number of rotatable bonds is 5. The lowest BCUT2D eigenvalue weighted by atomic mass is 9.97. The Bertz CT molecular complexity index is 548. The maximum absolute atomic E-state index is 12.3. The van der Waals surface area contributed by atoms with Crippen molar-refractivity contribution in [3.63, 3.8) is 0 Å². The van der Waals surface area contributed by atoms with E-state index in [1.807, 2.05) is 29.2 Å². The molecule has 1 aliphatic heterocycles. The summed E-state index contributed by atoms with van der Waals surface area (Å²) in [5.41, 5.74) is 1.07. The van der Waals surface area contributed by atoms with Gasteiger partial charge in [0.25, 0.3) is 0 Å². The molecule has 1 amide bonds. The number of benzene rings is 1. The average molecular weight is 406 g/mol. The van der Waals surface area contributed by atoms with Gasteiger partial charge in [0.1, 0.15) is 0 Å². The average Bonchev–Trinajstić information content (AvgIpc) is 2.50. The molecular formula is C16H22BrClN2O3. The summed E-state index contributed by atoms with van der Waals surface area (Å²) in [6.07, 6.45) is 1.24. The number of hydrogen-bond acceptors (Lipinski definition) is 3. The number of amides is 1. The van der Waals surface area contributed by atoms with Crippen molar-refractivity contribution >= 4 is 40.2 Å². The Labute approximate surface area is 151 Å². The zero-order valence-corrected chi connectivity index (χ0v) is 15.5. The molecule has 0 aromatic heterocycles. The molecule has 1 aromatic rings. The molecule has 1 aliphatic rings. The third-order valence-electron chi connectivity index (χ3n) is 4.09. The summed E-state index contributed by atoms with van der Waals surface area (Å²) >= 11 is 3.49. The number of likely N-dealkylation sites (tertiary alicyclic amines) is 1. The Balaban J connectivity index is 0.00000264. The maximum Gasteiger partial charge on any atom is 0.306 e. The molecule has 0 radical (unpaired) electrons. The molecule has 1 aromatic carbocycles. The van der Waals surface area contributed by atoms with E-state index in [4.69, 9.17) is 5.11 Å². The van der Waals surface area contributed by atoms with Crippen LogP contribution < -0.4 is 0 Å². The Hall–Kier alpha value is -1.11. The van der Waals surface area contributed by atoms with Gasteiger partial charge in [0, 0.05) is 18.1 Å². The highest BCUT2D eigenvalue weighted by molar-refractivity contribution is 9.10. The smallest absolute Gasteiger partial charge is 0.306 e. The predicted molar refractivity (Wildman–Crippen MR) is 94.7 cm³/mol. The van der Waals surface area contributed by atoms with Crippen molar-refractivity contribution in [1.29, 1.82) is 0 Å². The van der Waals surface area contributed by atoms with E-state index in [0.717, 1.165) is 10.0 Å². The lowest BCUT2D eigenvalue weighted by Gasteiger charge is -2.30. The molecule has 0 spiro atoms. The quantitative estimate of drug-likeness (QED) is 0.818. The molecular weight excluding hydrogens is 384 g/mol. The van der Waals surface area contributed by atoms with Crippen molar-refractivity contribution in [3.05, 3.63) is 34.3 Å². The summed E-state index contributed by atoms with van der Waals surface area (Å²) in [5, 5.41) is 8.99. The van der Waals surface area contributed by atoms with Gasteiger partial charge in [-0.3, -0.25) is 14.5 Å². The topological polar surface area (TPSA) is 60.9 Å². The number of nitrogens with zero attached hydrogens (tertiary/aromatic N) is 2. The van der Waals surface area contributed by atoms with Crippen LogP contribution in [0.4, 0.5) is 0 Å². The van der Waals surface area contributed by atoms with Gasteiger partial charge in [-0.05, 0) is 37.6 Å². The van der Waals surface area contributed by atoms with Crippen LogP contribution in [-0.4, -0.2) is 53.5 Å². The zero-order chi connectivity index (χ0) is 16.1. The summed E-state index contributed by atoms with van der Waals surface area (Å²) in [6, 6.07) is 7.85. The first-order chi connectivity index (χ1) is 10.5. The lowest BCUT2D eigenvalue weighted by Crippen LogP contribution is -2.43. The van der Waals surface area contributed by atoms with E-state index in [9.17, 15) is 9.59 Å². The first-order valence-corrected chi connectivity index (χ1v) is 8.19. The van der Waals surface area contributed by atoms with Gasteiger partial charge in [0.2, 0.25) is 5.91 Å². The van der Waals surface area contributed by atoms with Crippen LogP contribution in [0.15, 0.2) is 28.7 Å². The predicted octanol–water partition coefficient (Wildman–Crippen LogP) is 2.63. The summed E-state index contributed by atoms with van der Waals surface area (Å²) < 4.78 is 0.997. The van der Waals surface area contributed by atoms with Crippen molar-refractivity contribution in [2.45, 2.75) is 19.4 Å². The summed E-state index contributed by atoms with van der Waals surface area (Å²) in [5.74, 6) is -0.925. The standard InChI is InChI=1S/C16H21BrN2O3.ClH/c1-18(10-13-4-2-3-5-14(13)17)15(20)11-19-8-6-12(7-9-19)16(21)22;/h2-5,12H,6-11H2,1H3,(H,21,22);1H. The maximum atomic E-state index is 12.3. The van der Waals surface area contributed by atoms with Crippen molar-refractivity contribution in [2.24, 2.45) is 5.92 Å². The molecule has 0 saturated carbocycles. The summed E-state index contributed by atoms with van der Waals surface area (Å²) in [6.45, 7) is 2.26. The molecule has 7 heteroatoms. The Morgan fingerprint density at radius 3 is 2.48 bits per heavy atom. The minimum Gasteiger partial charge on any atom is -0.481 e. The van der Waals surface area contributed by atoms with E-state index in [1.165, 1.54) is 0 Å². The van der Waals surface area contributed by atoms with Crippen LogP contribution in [0.25, 0.3) is 0 Å². The van der Waals surface area contributed by atoms with E-state index in [1.54, 1.807) is 11.9 Å². The van der Waals surface area contributed by atoms with Gasteiger partial charge in [-0.2, -0.15) is 0 Å². The highest BCUT2D eigenvalue weighted by atomic mass is 79.9. The van der Waals surface area contributed by atoms with Gasteiger partial charge in [-0.15, -0.1) is 12.4 Å². The molecule has 1 heterocycles. The molecule has 0 aliphatic carbocycles. The number of halogens is 2. The van der Waals surface area contributed by atoms with Crippen molar-refractivity contribution in [2.75, 3.05) is 26.7 Å². The fourth-order valence-corrected chi connectivity index (χ4v) is 3.03. The van der Waals surface area contributed by atoms with Gasteiger partial charge >= 0.3 is 5.97 Å². The number of piperidine rings is 1. The first-order valence-electron chi connectivity index (χ1n) is 7.40. The highest BCUT2D eigenvalue weighted by Crippen LogP contribution is 2.19. The number of aliphatic carboxylic acids is 1. The molecule has 1 N–H and O–H groups in total. The third kappa shape index (κ3) is 5.79. The van der Waals surface area contributed by atoms with Crippen LogP contribution >= 0.6 is 28.3 Å². The number of hydrogen-bond donors (Lipinski definition) is 1.